The molecule has 0 saturated carbocycles. The Kier molecular flexibility index (Phi) is 17.6. The van der Waals surface area contributed by atoms with E-state index in [1.54, 1.807) is 34.4 Å². The molecule has 2 aromatic rings. The molecule has 1 saturated heterocycles. The van der Waals surface area contributed by atoms with E-state index in [2.05, 4.69) is 32.8 Å². The first-order valence-electron chi connectivity index (χ1n) is 18.8. The fourth-order valence-electron chi connectivity index (χ4n) is 7.18. The van der Waals surface area contributed by atoms with E-state index in [9.17, 15) is 19.2 Å². The molecular weight excluding hydrogens is 693 g/mol. The number of rotatable bonds is 21. The maximum absolute atomic E-state index is 14.1. The SMILES string of the molecule is C=C(C)[C@H](NC)C(=O)N[C@H](C(=O)N[C@@H](C(C)CC)[C@@H](CC(=O)N1CCC[C@H]1[C@H](OC)[C@@H](C)C(=O)N[C@@H](Cc1ccccc1)c1nccs1)OC)C(C)C. The summed E-state index contributed by atoms with van der Waals surface area (Å²) in [5, 5.41) is 14.9. The van der Waals surface area contributed by atoms with Crippen molar-refractivity contribution in [2.45, 2.75) is 116 Å². The van der Waals surface area contributed by atoms with Crippen molar-refractivity contribution < 1.29 is 28.7 Å². The standard InChI is InChI=1S/C40H62N6O6S/c1-11-26(6)35(45-39(50)34(25(4)5)44-38(49)33(41-8)24(2)3)31(51-9)23-32(47)46-20-15-18-30(46)36(52-10)27(7)37(48)43-29(40-42-19-21-53-40)22-28-16-13-12-14-17-28/h12-14,16-17,19,21,25-27,29-31,33-36,41H,2,11,15,18,20,22-23H2,1,3-10H3,(H,43,48)(H,44,49)(H,45,50)/t26?,27-,29+,30+,31-,33+,34+,35+,36-/m1/s1. The van der Waals surface area contributed by atoms with Crippen LogP contribution in [0.25, 0.3) is 0 Å². The maximum Gasteiger partial charge on any atom is 0.243 e. The lowest BCUT2D eigenvalue weighted by Crippen LogP contribution is -2.59. The normalized spacial score (nSPS) is 19.0. The van der Waals surface area contributed by atoms with Crippen LogP contribution >= 0.6 is 11.3 Å². The third-order valence-corrected chi connectivity index (χ3v) is 11.4. The van der Waals surface area contributed by atoms with E-state index in [4.69, 9.17) is 9.47 Å². The predicted octanol–water partition coefficient (Wildman–Crippen LogP) is 4.43. The Morgan fingerprint density at radius 1 is 1.00 bits per heavy atom. The zero-order chi connectivity index (χ0) is 39.2. The number of thiazole rings is 1. The average molecular weight is 755 g/mol. The number of hydrogen-bond acceptors (Lipinski definition) is 9. The Balaban J connectivity index is 1.75. The zero-order valence-corrected chi connectivity index (χ0v) is 33.8. The molecule has 53 heavy (non-hydrogen) atoms. The number of hydrogen-bond donors (Lipinski definition) is 4. The van der Waals surface area contributed by atoms with Crippen LogP contribution in [0, 0.1) is 17.8 Å². The van der Waals surface area contributed by atoms with Gasteiger partial charge in [-0.05, 0) is 50.6 Å². The number of aromatic nitrogens is 1. The predicted molar refractivity (Wildman–Crippen MR) is 209 cm³/mol. The van der Waals surface area contributed by atoms with Gasteiger partial charge in [0.2, 0.25) is 23.6 Å². The number of likely N-dealkylation sites (N-methyl/N-ethyl adjacent to an activating group) is 1. The fourth-order valence-corrected chi connectivity index (χ4v) is 7.87. The summed E-state index contributed by atoms with van der Waals surface area (Å²) in [6.07, 6.45) is 3.38. The summed E-state index contributed by atoms with van der Waals surface area (Å²) >= 11 is 1.50. The van der Waals surface area contributed by atoms with Crippen LogP contribution in [0.5, 0.6) is 0 Å². The molecule has 1 unspecified atom stereocenters. The molecule has 0 bridgehead atoms. The number of ether oxygens (including phenoxy) is 2. The van der Waals surface area contributed by atoms with E-state index in [0.717, 1.165) is 23.4 Å². The molecule has 13 heteroatoms. The fraction of sp³-hybridized carbons (Fsp3) is 0.625. The average Bonchev–Trinajstić information content (AvgIpc) is 3.85. The van der Waals surface area contributed by atoms with Crippen LogP contribution in [0.3, 0.4) is 0 Å². The van der Waals surface area contributed by atoms with Crippen LogP contribution < -0.4 is 21.3 Å². The van der Waals surface area contributed by atoms with Crippen molar-refractivity contribution in [1.82, 2.24) is 31.2 Å². The van der Waals surface area contributed by atoms with Crippen molar-refractivity contribution in [3.63, 3.8) is 0 Å². The van der Waals surface area contributed by atoms with E-state index < -0.39 is 36.3 Å². The highest BCUT2D eigenvalue weighted by Gasteiger charge is 2.42. The number of amides is 4. The molecule has 4 N–H and O–H groups in total. The van der Waals surface area contributed by atoms with Gasteiger partial charge in [0.15, 0.2) is 0 Å². The number of methoxy groups -OCH3 is 2. The van der Waals surface area contributed by atoms with Crippen LogP contribution in [0.4, 0.5) is 0 Å². The van der Waals surface area contributed by atoms with Crippen LogP contribution in [-0.2, 0) is 35.1 Å². The number of likely N-dealkylation sites (tertiary alicyclic amines) is 1. The van der Waals surface area contributed by atoms with Gasteiger partial charge in [-0.25, -0.2) is 4.98 Å². The minimum atomic E-state index is -0.807. The highest BCUT2D eigenvalue weighted by molar-refractivity contribution is 7.09. The van der Waals surface area contributed by atoms with Gasteiger partial charge in [-0.3, -0.25) is 19.2 Å². The lowest BCUT2D eigenvalue weighted by Gasteiger charge is -2.37. The lowest BCUT2D eigenvalue weighted by atomic mass is 9.90. The van der Waals surface area contributed by atoms with Gasteiger partial charge in [0.05, 0.1) is 42.7 Å². The van der Waals surface area contributed by atoms with E-state index in [1.807, 2.05) is 75.2 Å². The summed E-state index contributed by atoms with van der Waals surface area (Å²) < 4.78 is 11.9. The molecule has 12 nitrogen and oxygen atoms in total. The van der Waals surface area contributed by atoms with Crippen LogP contribution in [0.15, 0.2) is 54.1 Å². The topological polar surface area (TPSA) is 151 Å². The van der Waals surface area contributed by atoms with Gasteiger partial charge in [-0.15, -0.1) is 11.3 Å². The molecule has 3 rings (SSSR count). The first-order valence-corrected chi connectivity index (χ1v) is 19.7. The van der Waals surface area contributed by atoms with Gasteiger partial charge in [-0.1, -0.05) is 83.5 Å². The molecule has 1 aliphatic rings. The number of carbonyl (C=O) groups is 4. The third-order valence-electron chi connectivity index (χ3n) is 10.5. The maximum atomic E-state index is 14.1. The molecule has 0 spiro atoms. The third kappa shape index (κ3) is 11.9. The Hall–Kier alpha value is -3.65. The van der Waals surface area contributed by atoms with Crippen molar-refractivity contribution in [3.8, 4) is 0 Å². The molecule has 1 aromatic carbocycles. The molecular formula is C40H62N6O6S. The van der Waals surface area contributed by atoms with Gasteiger partial charge < -0.3 is 35.6 Å². The molecule has 0 radical (unpaired) electrons. The molecule has 2 heterocycles. The second-order valence-electron chi connectivity index (χ2n) is 14.6. The lowest BCUT2D eigenvalue weighted by molar-refractivity contribution is -0.143. The highest BCUT2D eigenvalue weighted by atomic mass is 32.1. The van der Waals surface area contributed by atoms with Gasteiger partial charge in [-0.2, -0.15) is 0 Å². The Morgan fingerprint density at radius 3 is 2.25 bits per heavy atom. The molecule has 4 amide bonds. The first kappa shape index (κ1) is 43.8. The van der Waals surface area contributed by atoms with Gasteiger partial charge in [0.1, 0.15) is 17.1 Å². The van der Waals surface area contributed by atoms with E-state index in [0.29, 0.717) is 25.0 Å². The summed E-state index contributed by atoms with van der Waals surface area (Å²) in [5.74, 6) is -1.77. The Bertz CT molecular complexity index is 1470. The van der Waals surface area contributed by atoms with Gasteiger partial charge in [0, 0.05) is 32.3 Å². The summed E-state index contributed by atoms with van der Waals surface area (Å²) in [5.41, 5.74) is 1.73. The summed E-state index contributed by atoms with van der Waals surface area (Å²) in [6, 6.07) is 7.42. The molecule has 1 aromatic heterocycles. The number of nitrogens with one attached hydrogen (secondary N) is 4. The van der Waals surface area contributed by atoms with Crippen molar-refractivity contribution in [2.75, 3.05) is 27.8 Å². The number of nitrogens with zero attached hydrogens (tertiary/aromatic N) is 2. The molecule has 294 valence electrons. The summed E-state index contributed by atoms with van der Waals surface area (Å²) in [7, 11) is 4.80. The van der Waals surface area contributed by atoms with Crippen molar-refractivity contribution in [1.29, 1.82) is 0 Å². The summed E-state index contributed by atoms with van der Waals surface area (Å²) in [6.45, 7) is 15.8. The zero-order valence-electron chi connectivity index (χ0n) is 33.0. The summed E-state index contributed by atoms with van der Waals surface area (Å²) in [4.78, 5) is 61.1. The molecule has 1 fully saturated rings. The number of benzene rings is 1. The largest absolute Gasteiger partial charge is 0.379 e. The minimum absolute atomic E-state index is 0.0265. The monoisotopic (exact) mass is 754 g/mol. The van der Waals surface area contributed by atoms with Crippen molar-refractivity contribution >= 4 is 35.0 Å². The Morgan fingerprint density at radius 2 is 1.70 bits per heavy atom. The van der Waals surface area contributed by atoms with Gasteiger partial charge >= 0.3 is 0 Å². The van der Waals surface area contributed by atoms with Crippen LogP contribution in [-0.4, -0.2) is 97.7 Å². The van der Waals surface area contributed by atoms with Crippen molar-refractivity contribution in [2.24, 2.45) is 17.8 Å². The molecule has 9 atom stereocenters. The minimum Gasteiger partial charge on any atom is -0.379 e. The van der Waals surface area contributed by atoms with Crippen molar-refractivity contribution in [3.05, 3.63) is 64.6 Å². The smallest absolute Gasteiger partial charge is 0.243 e. The second kappa shape index (κ2) is 21.3. The molecule has 0 aliphatic carbocycles. The van der Waals surface area contributed by atoms with Gasteiger partial charge in [0.25, 0.3) is 0 Å². The van der Waals surface area contributed by atoms with E-state index >= 15 is 0 Å². The quantitative estimate of drug-likeness (QED) is 0.137. The van der Waals surface area contributed by atoms with Crippen LogP contribution in [0.1, 0.15) is 83.8 Å². The second-order valence-corrected chi connectivity index (χ2v) is 15.5. The van der Waals surface area contributed by atoms with Crippen LogP contribution in [0.2, 0.25) is 0 Å². The first-order chi connectivity index (χ1) is 25.3. The molecule has 1 aliphatic heterocycles. The Labute approximate surface area is 320 Å². The highest BCUT2D eigenvalue weighted by Crippen LogP contribution is 2.29. The van der Waals surface area contributed by atoms with E-state index in [1.165, 1.54) is 11.3 Å². The number of carbonyl (C=O) groups excluding carboxylic acids is 4. The van der Waals surface area contributed by atoms with E-state index in [-0.39, 0.29) is 54.0 Å².